The van der Waals surface area contributed by atoms with Crippen LogP contribution >= 0.6 is 11.6 Å². The molecule has 1 aliphatic rings. The van der Waals surface area contributed by atoms with Crippen LogP contribution in [0.4, 0.5) is 5.69 Å². The van der Waals surface area contributed by atoms with Crippen molar-refractivity contribution >= 4 is 17.3 Å². The molecule has 2 atom stereocenters. The van der Waals surface area contributed by atoms with Crippen LogP contribution in [-0.4, -0.2) is 23.7 Å². The molecule has 2 heterocycles. The number of nitrogens with one attached hydrogen (secondary N) is 1. The highest BCUT2D eigenvalue weighted by atomic mass is 35.5. The summed E-state index contributed by atoms with van der Waals surface area (Å²) in [7, 11) is 0. The summed E-state index contributed by atoms with van der Waals surface area (Å²) in [5, 5.41) is 4.06. The molecule has 4 heteroatoms. The predicted molar refractivity (Wildman–Crippen MR) is 75.3 cm³/mol. The van der Waals surface area contributed by atoms with Crippen LogP contribution in [0.1, 0.15) is 38.2 Å². The summed E-state index contributed by atoms with van der Waals surface area (Å²) in [6, 6.07) is 2.50. The molecule has 1 saturated heterocycles. The maximum Gasteiger partial charge on any atom is 0.152 e. The monoisotopic (exact) mass is 268 g/mol. The zero-order chi connectivity index (χ0) is 13.0. The fraction of sp³-hybridized carbons (Fsp3) is 0.643. The van der Waals surface area contributed by atoms with Crippen molar-refractivity contribution in [3.8, 4) is 0 Å². The average molecular weight is 269 g/mol. The fourth-order valence-electron chi connectivity index (χ4n) is 2.41. The average Bonchev–Trinajstić information content (AvgIpc) is 2.35. The summed E-state index contributed by atoms with van der Waals surface area (Å²) in [6.45, 7) is 5.05. The van der Waals surface area contributed by atoms with Crippen LogP contribution in [-0.2, 0) is 4.74 Å². The lowest BCUT2D eigenvalue weighted by atomic mass is 10.00. The molecule has 0 bridgehead atoms. The second-order valence-electron chi connectivity index (χ2n) is 5.00. The molecular weight excluding hydrogens is 248 g/mol. The van der Waals surface area contributed by atoms with Gasteiger partial charge in [0.2, 0.25) is 0 Å². The van der Waals surface area contributed by atoms with Crippen molar-refractivity contribution in [1.82, 2.24) is 4.98 Å². The zero-order valence-corrected chi connectivity index (χ0v) is 11.8. The minimum absolute atomic E-state index is 0.387. The highest BCUT2D eigenvalue weighted by Gasteiger charge is 2.22. The van der Waals surface area contributed by atoms with Crippen LogP contribution in [0.3, 0.4) is 0 Å². The van der Waals surface area contributed by atoms with Gasteiger partial charge in [0.25, 0.3) is 0 Å². The Morgan fingerprint density at radius 1 is 1.56 bits per heavy atom. The highest BCUT2D eigenvalue weighted by Crippen LogP contribution is 2.25. The molecule has 1 aliphatic heterocycles. The van der Waals surface area contributed by atoms with E-state index in [2.05, 4.69) is 23.3 Å². The molecule has 3 nitrogen and oxygen atoms in total. The number of aryl methyl sites for hydroxylation is 1. The normalized spacial score (nSPS) is 23.9. The van der Waals surface area contributed by atoms with Crippen molar-refractivity contribution in [2.24, 2.45) is 0 Å². The third-order valence-electron chi connectivity index (χ3n) is 3.31. The Labute approximate surface area is 114 Å². The Balaban J connectivity index is 1.98. The Morgan fingerprint density at radius 2 is 2.39 bits per heavy atom. The lowest BCUT2D eigenvalue weighted by Crippen LogP contribution is -2.34. The van der Waals surface area contributed by atoms with E-state index in [9.17, 15) is 0 Å². The molecule has 2 unspecified atom stereocenters. The first-order valence-electron chi connectivity index (χ1n) is 6.69. The standard InChI is InChI=1S/C14H21ClN2O/c1-3-4-12-8-11(5-6-18-12)17-13-7-10(2)9-16-14(13)15/h7,9,11-12,17H,3-6,8H2,1-2H3. The van der Waals surface area contributed by atoms with E-state index in [1.807, 2.05) is 6.92 Å². The first-order valence-corrected chi connectivity index (χ1v) is 7.07. The van der Waals surface area contributed by atoms with Crippen LogP contribution in [0, 0.1) is 6.92 Å². The topological polar surface area (TPSA) is 34.2 Å². The number of anilines is 1. The van der Waals surface area contributed by atoms with Crippen molar-refractivity contribution in [1.29, 1.82) is 0 Å². The lowest BCUT2D eigenvalue weighted by molar-refractivity contribution is 0.00597. The molecule has 1 fully saturated rings. The smallest absolute Gasteiger partial charge is 0.152 e. The number of pyridine rings is 1. The van der Waals surface area contributed by atoms with Gasteiger partial charge >= 0.3 is 0 Å². The van der Waals surface area contributed by atoms with E-state index in [1.165, 1.54) is 6.42 Å². The van der Waals surface area contributed by atoms with Crippen LogP contribution in [0.25, 0.3) is 0 Å². The maximum absolute atomic E-state index is 6.11. The van der Waals surface area contributed by atoms with Gasteiger partial charge in [0.1, 0.15) is 0 Å². The summed E-state index contributed by atoms with van der Waals surface area (Å²) in [4.78, 5) is 4.17. The Bertz CT molecular complexity index is 395. The number of ether oxygens (including phenoxy) is 1. The van der Waals surface area contributed by atoms with Gasteiger partial charge in [-0.1, -0.05) is 24.9 Å². The molecule has 0 radical (unpaired) electrons. The van der Waals surface area contributed by atoms with E-state index in [0.717, 1.165) is 37.1 Å². The maximum atomic E-state index is 6.11. The third-order valence-corrected chi connectivity index (χ3v) is 3.61. The first-order chi connectivity index (χ1) is 8.69. The Hall–Kier alpha value is -0.800. The summed E-state index contributed by atoms with van der Waals surface area (Å²) >= 11 is 6.11. The van der Waals surface area contributed by atoms with Crippen LogP contribution in [0.15, 0.2) is 12.3 Å². The van der Waals surface area contributed by atoms with Gasteiger partial charge in [0, 0.05) is 18.8 Å². The summed E-state index contributed by atoms with van der Waals surface area (Å²) in [5.74, 6) is 0. The van der Waals surface area contributed by atoms with Gasteiger partial charge < -0.3 is 10.1 Å². The van der Waals surface area contributed by atoms with Crippen molar-refractivity contribution in [2.45, 2.75) is 51.7 Å². The molecule has 1 aromatic rings. The van der Waals surface area contributed by atoms with E-state index < -0.39 is 0 Å². The number of nitrogens with zero attached hydrogens (tertiary/aromatic N) is 1. The van der Waals surface area contributed by atoms with Gasteiger partial charge in [-0.15, -0.1) is 0 Å². The number of aromatic nitrogens is 1. The van der Waals surface area contributed by atoms with Gasteiger partial charge in [0.15, 0.2) is 5.15 Å². The van der Waals surface area contributed by atoms with E-state index in [-0.39, 0.29) is 0 Å². The molecule has 1 N–H and O–H groups in total. The molecule has 1 aromatic heterocycles. The summed E-state index contributed by atoms with van der Waals surface area (Å²) in [6.07, 6.45) is 6.57. The summed E-state index contributed by atoms with van der Waals surface area (Å²) in [5.41, 5.74) is 2.07. The first kappa shape index (κ1) is 13.6. The molecule has 2 rings (SSSR count). The second kappa shape index (κ2) is 6.39. The molecular formula is C14H21ClN2O. The lowest BCUT2D eigenvalue weighted by Gasteiger charge is -2.30. The van der Waals surface area contributed by atoms with Gasteiger partial charge in [-0.2, -0.15) is 0 Å². The van der Waals surface area contributed by atoms with E-state index >= 15 is 0 Å². The van der Waals surface area contributed by atoms with Gasteiger partial charge in [-0.05, 0) is 37.8 Å². The van der Waals surface area contributed by atoms with Crippen molar-refractivity contribution in [3.05, 3.63) is 23.0 Å². The van der Waals surface area contributed by atoms with Crippen LogP contribution in [0.2, 0.25) is 5.15 Å². The van der Waals surface area contributed by atoms with Crippen molar-refractivity contribution < 1.29 is 4.74 Å². The number of rotatable bonds is 4. The molecule has 0 aromatic carbocycles. The quantitative estimate of drug-likeness (QED) is 0.844. The SMILES string of the molecule is CCCC1CC(Nc2cc(C)cnc2Cl)CCO1. The largest absolute Gasteiger partial charge is 0.380 e. The van der Waals surface area contributed by atoms with Crippen LogP contribution < -0.4 is 5.32 Å². The predicted octanol–water partition coefficient (Wildman–Crippen LogP) is 3.80. The molecule has 0 aliphatic carbocycles. The van der Waals surface area contributed by atoms with Crippen LogP contribution in [0.5, 0.6) is 0 Å². The number of hydrogen-bond donors (Lipinski definition) is 1. The Morgan fingerprint density at radius 3 is 3.17 bits per heavy atom. The van der Waals surface area contributed by atoms with Crippen molar-refractivity contribution in [3.63, 3.8) is 0 Å². The van der Waals surface area contributed by atoms with E-state index in [0.29, 0.717) is 17.3 Å². The summed E-state index contributed by atoms with van der Waals surface area (Å²) < 4.78 is 5.75. The molecule has 0 spiro atoms. The fourth-order valence-corrected chi connectivity index (χ4v) is 2.57. The minimum Gasteiger partial charge on any atom is -0.380 e. The second-order valence-corrected chi connectivity index (χ2v) is 5.36. The van der Waals surface area contributed by atoms with Gasteiger partial charge in [0.05, 0.1) is 11.8 Å². The van der Waals surface area contributed by atoms with Gasteiger partial charge in [-0.25, -0.2) is 4.98 Å². The molecule has 100 valence electrons. The molecule has 0 amide bonds. The zero-order valence-electron chi connectivity index (χ0n) is 11.1. The van der Waals surface area contributed by atoms with E-state index in [4.69, 9.17) is 16.3 Å². The van der Waals surface area contributed by atoms with Crippen molar-refractivity contribution in [2.75, 3.05) is 11.9 Å². The Kier molecular flexibility index (Phi) is 4.84. The molecule has 0 saturated carbocycles. The molecule has 18 heavy (non-hydrogen) atoms. The minimum atomic E-state index is 0.387. The number of hydrogen-bond acceptors (Lipinski definition) is 3. The van der Waals surface area contributed by atoms with Gasteiger partial charge in [-0.3, -0.25) is 0 Å². The number of halogens is 1. The van der Waals surface area contributed by atoms with E-state index in [1.54, 1.807) is 6.20 Å². The third kappa shape index (κ3) is 3.59. The highest BCUT2D eigenvalue weighted by molar-refractivity contribution is 6.31.